The Balaban J connectivity index is 0.000000604. The predicted molar refractivity (Wildman–Crippen MR) is 130 cm³/mol. The highest BCUT2D eigenvalue weighted by Crippen LogP contribution is 2.30. The standard InChI is InChI=1S/C21H27FN4O3S.C2HF3O2/c1-3-15(2)24-21(27)16-4-9-20(26-12-10-23-11-13-26)19(14-16)25-30(28,29)18-7-5-17(22)6-8-18;3-2(4,5)1(6)7/h4-9,14-15,23,25H,3,10-13H2,1-2H3,(H,24,27);(H,6,7). The van der Waals surface area contributed by atoms with Crippen molar-refractivity contribution in [3.05, 3.63) is 53.8 Å². The minimum Gasteiger partial charge on any atom is -0.475 e. The van der Waals surface area contributed by atoms with E-state index in [0.717, 1.165) is 31.6 Å². The van der Waals surface area contributed by atoms with E-state index in [1.54, 1.807) is 18.2 Å². The first kappa shape index (κ1) is 29.8. The molecule has 14 heteroatoms. The number of amides is 1. The van der Waals surface area contributed by atoms with Gasteiger partial charge in [-0.25, -0.2) is 17.6 Å². The average Bonchev–Trinajstić information content (AvgIpc) is 2.84. The number of aliphatic carboxylic acids is 1. The molecular weight excluding hydrogens is 520 g/mol. The molecule has 0 bridgehead atoms. The quantitative estimate of drug-likeness (QED) is 0.392. The number of benzene rings is 2. The smallest absolute Gasteiger partial charge is 0.475 e. The number of rotatable bonds is 7. The number of nitrogens with one attached hydrogen (secondary N) is 3. The Hall–Kier alpha value is -3.39. The maximum absolute atomic E-state index is 13.2. The van der Waals surface area contributed by atoms with E-state index in [1.165, 1.54) is 12.1 Å². The van der Waals surface area contributed by atoms with Gasteiger partial charge in [0, 0.05) is 37.8 Å². The number of hydrogen-bond donors (Lipinski definition) is 4. The Labute approximate surface area is 211 Å². The minimum absolute atomic E-state index is 0.00435. The number of anilines is 2. The molecule has 0 radical (unpaired) electrons. The van der Waals surface area contributed by atoms with Gasteiger partial charge in [-0.3, -0.25) is 9.52 Å². The van der Waals surface area contributed by atoms with E-state index in [9.17, 15) is 30.8 Å². The van der Waals surface area contributed by atoms with Crippen molar-refractivity contribution in [2.45, 2.75) is 37.4 Å². The van der Waals surface area contributed by atoms with E-state index in [-0.39, 0.29) is 16.8 Å². The lowest BCUT2D eigenvalue weighted by Gasteiger charge is -2.31. The Morgan fingerprint density at radius 3 is 2.19 bits per heavy atom. The average molecular weight is 549 g/mol. The maximum Gasteiger partial charge on any atom is 0.490 e. The van der Waals surface area contributed by atoms with E-state index in [2.05, 4.69) is 20.3 Å². The zero-order chi connectivity index (χ0) is 27.8. The van der Waals surface area contributed by atoms with Crippen molar-refractivity contribution in [3.63, 3.8) is 0 Å². The van der Waals surface area contributed by atoms with Crippen LogP contribution in [0.4, 0.5) is 28.9 Å². The molecule has 1 unspecified atom stereocenters. The van der Waals surface area contributed by atoms with Gasteiger partial charge < -0.3 is 20.6 Å². The van der Waals surface area contributed by atoms with E-state index < -0.39 is 28.0 Å². The predicted octanol–water partition coefficient (Wildman–Crippen LogP) is 3.20. The third kappa shape index (κ3) is 8.89. The molecule has 1 amide bonds. The minimum atomic E-state index is -5.08. The largest absolute Gasteiger partial charge is 0.490 e. The Morgan fingerprint density at radius 1 is 1.11 bits per heavy atom. The molecule has 1 saturated heterocycles. The summed E-state index contributed by atoms with van der Waals surface area (Å²) in [5.74, 6) is -3.54. The van der Waals surface area contributed by atoms with Crippen LogP contribution in [0.2, 0.25) is 0 Å². The van der Waals surface area contributed by atoms with Crippen LogP contribution in [-0.2, 0) is 14.8 Å². The van der Waals surface area contributed by atoms with Gasteiger partial charge in [0.1, 0.15) is 5.82 Å². The molecule has 0 aromatic heterocycles. The summed E-state index contributed by atoms with van der Waals surface area (Å²) in [6.07, 6.45) is -4.30. The van der Waals surface area contributed by atoms with Gasteiger partial charge in [-0.05, 0) is 55.8 Å². The van der Waals surface area contributed by atoms with Crippen molar-refractivity contribution >= 4 is 33.3 Å². The monoisotopic (exact) mass is 548 g/mol. The first-order chi connectivity index (χ1) is 17.2. The fraction of sp³-hybridized carbons (Fsp3) is 0.391. The third-order valence-electron chi connectivity index (χ3n) is 5.32. The molecular formula is C23H28F4N4O5S. The van der Waals surface area contributed by atoms with E-state index >= 15 is 0 Å². The summed E-state index contributed by atoms with van der Waals surface area (Å²) in [5, 5.41) is 13.3. The Bertz CT molecular complexity index is 1180. The first-order valence-corrected chi connectivity index (χ1v) is 12.7. The second-order valence-corrected chi connectivity index (χ2v) is 9.80. The van der Waals surface area contributed by atoms with Crippen molar-refractivity contribution in [3.8, 4) is 0 Å². The molecule has 1 aliphatic rings. The molecule has 3 rings (SSSR count). The van der Waals surface area contributed by atoms with Crippen molar-refractivity contribution in [1.29, 1.82) is 0 Å². The van der Waals surface area contributed by atoms with Crippen LogP contribution in [0.3, 0.4) is 0 Å². The number of carboxylic acid groups (broad SMARTS) is 1. The van der Waals surface area contributed by atoms with Gasteiger partial charge in [0.2, 0.25) is 0 Å². The second-order valence-electron chi connectivity index (χ2n) is 8.11. The zero-order valence-electron chi connectivity index (χ0n) is 20.1. The number of nitrogens with zero attached hydrogens (tertiary/aromatic N) is 1. The summed E-state index contributed by atoms with van der Waals surface area (Å²) >= 11 is 0. The number of alkyl halides is 3. The zero-order valence-corrected chi connectivity index (χ0v) is 20.9. The fourth-order valence-electron chi connectivity index (χ4n) is 3.17. The Kier molecular flexibility index (Phi) is 10.3. The summed E-state index contributed by atoms with van der Waals surface area (Å²) in [6.45, 7) is 6.86. The number of carbonyl (C=O) groups is 2. The molecule has 1 heterocycles. The number of sulfonamides is 1. The molecule has 1 fully saturated rings. The molecule has 204 valence electrons. The number of piperazine rings is 1. The fourth-order valence-corrected chi connectivity index (χ4v) is 4.23. The van der Waals surface area contributed by atoms with Gasteiger partial charge in [-0.2, -0.15) is 13.2 Å². The summed E-state index contributed by atoms with van der Waals surface area (Å²) < 4.78 is 73.3. The van der Waals surface area contributed by atoms with E-state index in [1.807, 2.05) is 13.8 Å². The molecule has 0 spiro atoms. The third-order valence-corrected chi connectivity index (χ3v) is 6.70. The number of hydrogen-bond acceptors (Lipinski definition) is 6. The van der Waals surface area contributed by atoms with Crippen LogP contribution < -0.4 is 20.3 Å². The summed E-state index contributed by atoms with van der Waals surface area (Å²) in [5.41, 5.74) is 1.38. The molecule has 37 heavy (non-hydrogen) atoms. The van der Waals surface area contributed by atoms with Gasteiger partial charge >= 0.3 is 12.1 Å². The SMILES string of the molecule is CCC(C)NC(=O)c1ccc(N2CCNCC2)c(NS(=O)(=O)c2ccc(F)cc2)c1.O=C(O)C(F)(F)F. The van der Waals surface area contributed by atoms with Crippen LogP contribution in [0.5, 0.6) is 0 Å². The number of carboxylic acids is 1. The second kappa shape index (κ2) is 12.7. The molecule has 4 N–H and O–H groups in total. The lowest BCUT2D eigenvalue weighted by Crippen LogP contribution is -2.43. The molecule has 1 aliphatic heterocycles. The summed E-state index contributed by atoms with van der Waals surface area (Å²) in [4.78, 5) is 23.5. The van der Waals surface area contributed by atoms with Crippen molar-refractivity contribution < 1.29 is 40.7 Å². The van der Waals surface area contributed by atoms with Crippen LogP contribution in [0, 0.1) is 5.82 Å². The van der Waals surface area contributed by atoms with E-state index in [4.69, 9.17) is 9.90 Å². The first-order valence-electron chi connectivity index (χ1n) is 11.2. The molecule has 9 nitrogen and oxygen atoms in total. The van der Waals surface area contributed by atoms with Gasteiger partial charge in [-0.15, -0.1) is 0 Å². The van der Waals surface area contributed by atoms with Crippen LogP contribution in [-0.4, -0.2) is 63.8 Å². The summed E-state index contributed by atoms with van der Waals surface area (Å²) in [6, 6.07) is 9.64. The van der Waals surface area contributed by atoms with Crippen molar-refractivity contribution in [2.24, 2.45) is 0 Å². The van der Waals surface area contributed by atoms with Gasteiger partial charge in [0.25, 0.3) is 15.9 Å². The summed E-state index contributed by atoms with van der Waals surface area (Å²) in [7, 11) is -3.95. The van der Waals surface area contributed by atoms with Crippen LogP contribution in [0.1, 0.15) is 30.6 Å². The molecule has 1 atom stereocenters. The molecule has 0 aliphatic carbocycles. The topological polar surface area (TPSA) is 128 Å². The highest BCUT2D eigenvalue weighted by Gasteiger charge is 2.38. The van der Waals surface area contributed by atoms with Crippen LogP contribution >= 0.6 is 0 Å². The number of carbonyl (C=O) groups excluding carboxylic acids is 1. The van der Waals surface area contributed by atoms with Gasteiger partial charge in [0.05, 0.1) is 16.3 Å². The van der Waals surface area contributed by atoms with Crippen molar-refractivity contribution in [2.75, 3.05) is 35.8 Å². The van der Waals surface area contributed by atoms with Gasteiger partial charge in [0.15, 0.2) is 0 Å². The maximum atomic E-state index is 13.2. The molecule has 2 aromatic carbocycles. The highest BCUT2D eigenvalue weighted by molar-refractivity contribution is 7.92. The highest BCUT2D eigenvalue weighted by atomic mass is 32.2. The lowest BCUT2D eigenvalue weighted by atomic mass is 10.1. The molecule has 0 saturated carbocycles. The van der Waals surface area contributed by atoms with Crippen LogP contribution in [0.15, 0.2) is 47.4 Å². The van der Waals surface area contributed by atoms with Crippen LogP contribution in [0.25, 0.3) is 0 Å². The van der Waals surface area contributed by atoms with Crippen molar-refractivity contribution in [1.82, 2.24) is 10.6 Å². The van der Waals surface area contributed by atoms with E-state index in [0.29, 0.717) is 30.0 Å². The Morgan fingerprint density at radius 2 is 1.68 bits per heavy atom. The lowest BCUT2D eigenvalue weighted by molar-refractivity contribution is -0.192. The number of halogens is 4. The molecule has 2 aromatic rings. The van der Waals surface area contributed by atoms with Gasteiger partial charge in [-0.1, -0.05) is 6.92 Å². The normalized spacial score (nSPS) is 14.7.